The van der Waals surface area contributed by atoms with Gasteiger partial charge in [-0.3, -0.25) is 0 Å². The van der Waals surface area contributed by atoms with Crippen molar-refractivity contribution in [2.75, 3.05) is 0 Å². The molecule has 0 aliphatic carbocycles. The van der Waals surface area contributed by atoms with Gasteiger partial charge in [0.1, 0.15) is 5.44 Å². The summed E-state index contributed by atoms with van der Waals surface area (Å²) in [5, 5.41) is 0. The highest BCUT2D eigenvalue weighted by Crippen LogP contribution is 2.24. The zero-order valence-corrected chi connectivity index (χ0v) is 14.3. The maximum Gasteiger partial charge on any atom is 0.103 e. The monoisotopic (exact) mass is 294 g/mol. The molecule has 0 bridgehead atoms. The molecule has 2 heteroatoms. The van der Waals surface area contributed by atoms with Gasteiger partial charge in [0.15, 0.2) is 0 Å². The normalized spacial score (nSPS) is 16.1. The molecule has 1 rings (SSSR count). The Bertz CT molecular complexity index is 350. The van der Waals surface area contributed by atoms with Gasteiger partial charge in [-0.15, -0.1) is 12.6 Å². The van der Waals surface area contributed by atoms with Crippen molar-refractivity contribution in [2.24, 2.45) is 17.8 Å². The van der Waals surface area contributed by atoms with Crippen molar-refractivity contribution in [1.29, 1.82) is 0 Å². The molecule has 0 spiro atoms. The van der Waals surface area contributed by atoms with Gasteiger partial charge in [0.05, 0.1) is 6.61 Å². The van der Waals surface area contributed by atoms with Crippen LogP contribution in [0.25, 0.3) is 0 Å². The van der Waals surface area contributed by atoms with E-state index in [2.05, 4.69) is 52.5 Å². The van der Waals surface area contributed by atoms with Gasteiger partial charge in [-0.05, 0) is 29.7 Å². The minimum Gasteiger partial charge on any atom is -0.363 e. The summed E-state index contributed by atoms with van der Waals surface area (Å²) < 4.78 is 5.88. The lowest BCUT2D eigenvalue weighted by molar-refractivity contribution is 0.0598. The van der Waals surface area contributed by atoms with Crippen LogP contribution >= 0.6 is 12.6 Å². The molecule has 3 atom stereocenters. The van der Waals surface area contributed by atoms with Crippen molar-refractivity contribution in [3.8, 4) is 0 Å². The van der Waals surface area contributed by atoms with E-state index in [4.69, 9.17) is 4.74 Å². The van der Waals surface area contributed by atoms with Crippen LogP contribution < -0.4 is 0 Å². The largest absolute Gasteiger partial charge is 0.363 e. The topological polar surface area (TPSA) is 9.23 Å². The van der Waals surface area contributed by atoms with Crippen molar-refractivity contribution in [3.63, 3.8) is 0 Å². The Kier molecular flexibility index (Phi) is 8.32. The number of benzene rings is 1. The van der Waals surface area contributed by atoms with E-state index in [0.29, 0.717) is 12.5 Å². The molecule has 114 valence electrons. The van der Waals surface area contributed by atoms with Gasteiger partial charge in [0, 0.05) is 0 Å². The quantitative estimate of drug-likeness (QED) is 0.463. The summed E-state index contributed by atoms with van der Waals surface area (Å²) in [6, 6.07) is 10.3. The Labute approximate surface area is 130 Å². The number of ether oxygens (including phenoxy) is 1. The van der Waals surface area contributed by atoms with Crippen LogP contribution in [0.5, 0.6) is 0 Å². The van der Waals surface area contributed by atoms with Crippen molar-refractivity contribution in [2.45, 2.75) is 59.0 Å². The highest BCUT2D eigenvalue weighted by Gasteiger charge is 2.17. The Balaban J connectivity index is 2.26. The van der Waals surface area contributed by atoms with Crippen molar-refractivity contribution in [3.05, 3.63) is 35.9 Å². The van der Waals surface area contributed by atoms with Gasteiger partial charge in [0.25, 0.3) is 0 Å². The summed E-state index contributed by atoms with van der Waals surface area (Å²) in [4.78, 5) is 0. The van der Waals surface area contributed by atoms with Crippen LogP contribution in [0.1, 0.15) is 52.5 Å². The molecule has 0 saturated carbocycles. The van der Waals surface area contributed by atoms with E-state index in [1.807, 2.05) is 18.2 Å². The van der Waals surface area contributed by atoms with Crippen LogP contribution in [-0.4, -0.2) is 5.44 Å². The second-order valence-electron chi connectivity index (χ2n) is 6.48. The van der Waals surface area contributed by atoms with Crippen molar-refractivity contribution in [1.82, 2.24) is 0 Å². The first-order valence-electron chi connectivity index (χ1n) is 7.82. The molecule has 0 aliphatic heterocycles. The van der Waals surface area contributed by atoms with Gasteiger partial charge < -0.3 is 4.74 Å². The van der Waals surface area contributed by atoms with Gasteiger partial charge in [0.2, 0.25) is 0 Å². The minimum absolute atomic E-state index is 0.0247. The first-order valence-corrected chi connectivity index (χ1v) is 8.34. The van der Waals surface area contributed by atoms with E-state index in [9.17, 15) is 0 Å². The minimum atomic E-state index is 0.0247. The van der Waals surface area contributed by atoms with Gasteiger partial charge in [-0.25, -0.2) is 0 Å². The zero-order valence-electron chi connectivity index (χ0n) is 13.4. The first kappa shape index (κ1) is 17.6. The van der Waals surface area contributed by atoms with Crippen LogP contribution in [0.4, 0.5) is 0 Å². The van der Waals surface area contributed by atoms with Crippen LogP contribution in [0.2, 0.25) is 0 Å². The van der Waals surface area contributed by atoms with E-state index < -0.39 is 0 Å². The third-order valence-corrected chi connectivity index (χ3v) is 4.42. The molecule has 0 N–H and O–H groups in total. The number of hydrogen-bond acceptors (Lipinski definition) is 2. The SMILES string of the molecule is CC(C)CCC(C)CC(C)C(S)OCc1ccccc1. The highest BCUT2D eigenvalue weighted by molar-refractivity contribution is 7.80. The molecule has 0 saturated heterocycles. The van der Waals surface area contributed by atoms with Crippen LogP contribution in [0.15, 0.2) is 30.3 Å². The van der Waals surface area contributed by atoms with Crippen molar-refractivity contribution >= 4 is 12.6 Å². The molecular formula is C18H30OS. The van der Waals surface area contributed by atoms with E-state index in [1.165, 1.54) is 24.8 Å². The summed E-state index contributed by atoms with van der Waals surface area (Å²) in [6.07, 6.45) is 3.81. The molecule has 0 aliphatic rings. The lowest BCUT2D eigenvalue weighted by atomic mass is 9.91. The van der Waals surface area contributed by atoms with Gasteiger partial charge in [-0.1, -0.05) is 70.9 Å². The maximum absolute atomic E-state index is 5.88. The average Bonchev–Trinajstić information content (AvgIpc) is 2.43. The second-order valence-corrected chi connectivity index (χ2v) is 6.99. The molecule has 0 aromatic heterocycles. The predicted molar refractivity (Wildman–Crippen MR) is 91.0 cm³/mol. The van der Waals surface area contributed by atoms with Gasteiger partial charge in [-0.2, -0.15) is 0 Å². The molecule has 1 aromatic carbocycles. The van der Waals surface area contributed by atoms with Crippen LogP contribution in [0.3, 0.4) is 0 Å². The molecule has 0 fully saturated rings. The lowest BCUT2D eigenvalue weighted by Gasteiger charge is -2.23. The van der Waals surface area contributed by atoms with E-state index >= 15 is 0 Å². The Morgan fingerprint density at radius 3 is 2.25 bits per heavy atom. The number of thiol groups is 1. The smallest absolute Gasteiger partial charge is 0.103 e. The molecule has 1 nitrogen and oxygen atoms in total. The van der Waals surface area contributed by atoms with E-state index in [0.717, 1.165) is 11.8 Å². The van der Waals surface area contributed by atoms with E-state index in [1.54, 1.807) is 0 Å². The maximum atomic E-state index is 5.88. The predicted octanol–water partition coefficient (Wildman–Crippen LogP) is 5.56. The van der Waals surface area contributed by atoms with Crippen LogP contribution in [-0.2, 0) is 11.3 Å². The summed E-state index contributed by atoms with van der Waals surface area (Å²) in [7, 11) is 0. The third kappa shape index (κ3) is 7.35. The summed E-state index contributed by atoms with van der Waals surface area (Å²) in [5.74, 6) is 2.04. The fraction of sp³-hybridized carbons (Fsp3) is 0.667. The fourth-order valence-electron chi connectivity index (χ4n) is 2.41. The summed E-state index contributed by atoms with van der Waals surface area (Å²) in [5.41, 5.74) is 1.24. The highest BCUT2D eigenvalue weighted by atomic mass is 32.1. The molecule has 0 radical (unpaired) electrons. The Hall–Kier alpha value is -0.470. The molecule has 0 heterocycles. The fourth-order valence-corrected chi connectivity index (χ4v) is 2.60. The van der Waals surface area contributed by atoms with Crippen LogP contribution in [0, 0.1) is 17.8 Å². The standard InChI is InChI=1S/C18H30OS/c1-14(2)10-11-15(3)12-16(4)18(20)19-13-17-8-6-5-7-9-17/h5-9,14-16,18,20H,10-13H2,1-4H3. The molecule has 0 amide bonds. The average molecular weight is 295 g/mol. The molecule has 3 unspecified atom stereocenters. The summed E-state index contributed by atoms with van der Waals surface area (Å²) in [6.45, 7) is 9.83. The van der Waals surface area contributed by atoms with Gasteiger partial charge >= 0.3 is 0 Å². The van der Waals surface area contributed by atoms with E-state index in [-0.39, 0.29) is 5.44 Å². The lowest BCUT2D eigenvalue weighted by Crippen LogP contribution is -2.18. The Morgan fingerprint density at radius 1 is 1.00 bits per heavy atom. The Morgan fingerprint density at radius 2 is 1.65 bits per heavy atom. The number of rotatable bonds is 9. The molecule has 20 heavy (non-hydrogen) atoms. The molecule has 1 aromatic rings. The third-order valence-electron chi connectivity index (χ3n) is 3.76. The van der Waals surface area contributed by atoms with Crippen molar-refractivity contribution < 1.29 is 4.74 Å². The first-order chi connectivity index (χ1) is 9.49. The molecular weight excluding hydrogens is 264 g/mol. The zero-order chi connectivity index (χ0) is 15.0. The summed E-state index contributed by atoms with van der Waals surface area (Å²) >= 11 is 4.62. The number of hydrogen-bond donors (Lipinski definition) is 1. The second kappa shape index (κ2) is 9.46.